The SMILES string of the molecule is Cc1nc(C2=NC(N)=NC(NC3CCC(F)(F)CC3)N2C2CCC(F)(F)CC2)co1. The molecule has 3 aliphatic rings. The summed E-state index contributed by atoms with van der Waals surface area (Å²) >= 11 is 0. The van der Waals surface area contributed by atoms with Crippen molar-refractivity contribution in [3.05, 3.63) is 17.8 Å². The Morgan fingerprint density at radius 2 is 1.67 bits per heavy atom. The zero-order valence-corrected chi connectivity index (χ0v) is 16.8. The summed E-state index contributed by atoms with van der Waals surface area (Å²) in [6.07, 6.45) is 0.972. The molecule has 1 aliphatic heterocycles. The third kappa shape index (κ3) is 4.60. The Kier molecular flexibility index (Phi) is 5.50. The summed E-state index contributed by atoms with van der Waals surface area (Å²) in [4.78, 5) is 14.8. The molecule has 0 bridgehead atoms. The van der Waals surface area contributed by atoms with Crippen molar-refractivity contribution in [2.24, 2.45) is 15.7 Å². The molecule has 30 heavy (non-hydrogen) atoms. The summed E-state index contributed by atoms with van der Waals surface area (Å²) in [7, 11) is 0. The first kappa shape index (κ1) is 21.1. The first-order valence-corrected chi connectivity index (χ1v) is 10.3. The van der Waals surface area contributed by atoms with Crippen LogP contribution in [0.4, 0.5) is 17.6 Å². The molecule has 2 fully saturated rings. The molecule has 0 amide bonds. The fourth-order valence-corrected chi connectivity index (χ4v) is 4.36. The molecule has 0 spiro atoms. The van der Waals surface area contributed by atoms with Gasteiger partial charge < -0.3 is 15.1 Å². The van der Waals surface area contributed by atoms with Gasteiger partial charge in [0.05, 0.1) is 0 Å². The van der Waals surface area contributed by atoms with Crippen molar-refractivity contribution in [3.8, 4) is 0 Å². The number of oxazole rings is 1. The van der Waals surface area contributed by atoms with Gasteiger partial charge in [-0.25, -0.2) is 27.5 Å². The number of aliphatic imine (C=N–C) groups is 2. The van der Waals surface area contributed by atoms with Crippen molar-refractivity contribution in [2.45, 2.75) is 88.5 Å². The molecule has 2 aliphatic carbocycles. The average molecular weight is 430 g/mol. The van der Waals surface area contributed by atoms with Gasteiger partial charge in [0.1, 0.15) is 12.0 Å². The molecule has 1 atom stereocenters. The number of aryl methyl sites for hydroxylation is 1. The molecule has 4 rings (SSSR count). The average Bonchev–Trinajstić information content (AvgIpc) is 3.10. The van der Waals surface area contributed by atoms with E-state index in [0.717, 1.165) is 0 Å². The zero-order valence-electron chi connectivity index (χ0n) is 16.8. The highest BCUT2D eigenvalue weighted by atomic mass is 19.3. The smallest absolute Gasteiger partial charge is 0.248 e. The number of hydrogen-bond acceptors (Lipinski definition) is 7. The number of nitrogens with two attached hydrogens (primary N) is 1. The van der Waals surface area contributed by atoms with Gasteiger partial charge in [-0.3, -0.25) is 5.32 Å². The fourth-order valence-electron chi connectivity index (χ4n) is 4.36. The van der Waals surface area contributed by atoms with E-state index in [1.807, 2.05) is 4.90 Å². The molecular formula is C19H26F4N6O. The number of alkyl halides is 4. The van der Waals surface area contributed by atoms with E-state index in [0.29, 0.717) is 30.3 Å². The van der Waals surface area contributed by atoms with E-state index in [-0.39, 0.29) is 56.6 Å². The van der Waals surface area contributed by atoms with E-state index in [1.54, 1.807) is 6.92 Å². The van der Waals surface area contributed by atoms with Crippen LogP contribution in [-0.4, -0.2) is 51.9 Å². The Labute approximate surface area is 171 Å². The van der Waals surface area contributed by atoms with Gasteiger partial charge in [0.25, 0.3) is 0 Å². The second-order valence-electron chi connectivity index (χ2n) is 8.34. The van der Waals surface area contributed by atoms with E-state index < -0.39 is 18.1 Å². The van der Waals surface area contributed by atoms with E-state index in [1.165, 1.54) is 6.26 Å². The Morgan fingerprint density at radius 3 is 2.23 bits per heavy atom. The maximum absolute atomic E-state index is 13.8. The topological polar surface area (TPSA) is 92.0 Å². The van der Waals surface area contributed by atoms with Crippen LogP contribution in [-0.2, 0) is 0 Å². The highest BCUT2D eigenvalue weighted by Gasteiger charge is 2.43. The summed E-state index contributed by atoms with van der Waals surface area (Å²) < 4.78 is 59.9. The van der Waals surface area contributed by atoms with Crippen LogP contribution in [0.3, 0.4) is 0 Å². The van der Waals surface area contributed by atoms with E-state index in [2.05, 4.69) is 20.3 Å². The number of amidine groups is 1. The van der Waals surface area contributed by atoms with Crippen LogP contribution in [0.5, 0.6) is 0 Å². The molecule has 166 valence electrons. The lowest BCUT2D eigenvalue weighted by Crippen LogP contribution is -2.59. The van der Waals surface area contributed by atoms with Gasteiger partial charge in [-0.1, -0.05) is 0 Å². The maximum Gasteiger partial charge on any atom is 0.248 e. The zero-order chi connectivity index (χ0) is 21.5. The van der Waals surface area contributed by atoms with Gasteiger partial charge in [-0.05, 0) is 25.7 Å². The van der Waals surface area contributed by atoms with Crippen molar-refractivity contribution in [1.29, 1.82) is 0 Å². The third-order valence-electron chi connectivity index (χ3n) is 6.01. The molecule has 2 saturated carbocycles. The third-order valence-corrected chi connectivity index (χ3v) is 6.01. The number of halogens is 4. The molecule has 3 N–H and O–H groups in total. The molecule has 0 saturated heterocycles. The van der Waals surface area contributed by atoms with E-state index in [9.17, 15) is 17.6 Å². The van der Waals surface area contributed by atoms with Gasteiger partial charge in [0.2, 0.25) is 17.8 Å². The molecule has 0 aromatic carbocycles. The van der Waals surface area contributed by atoms with Gasteiger partial charge in [-0.2, -0.15) is 4.99 Å². The van der Waals surface area contributed by atoms with Crippen LogP contribution in [0.25, 0.3) is 0 Å². The second kappa shape index (κ2) is 7.82. The van der Waals surface area contributed by atoms with Crippen LogP contribution >= 0.6 is 0 Å². The number of hydrogen-bond donors (Lipinski definition) is 2. The molecular weight excluding hydrogens is 404 g/mol. The standard InChI is InChI=1S/C19H26F4N6O/c1-11-25-14(10-30-11)15-27-16(24)28-17(26-12-2-6-18(20,21)7-3-12)29(15)13-4-8-19(22,23)9-5-13/h10,12-13,17,26H,2-9H2,1H3,(H2,24,28). The van der Waals surface area contributed by atoms with Crippen LogP contribution in [0.1, 0.15) is 63.0 Å². The lowest BCUT2D eigenvalue weighted by atomic mass is 9.90. The van der Waals surface area contributed by atoms with E-state index in [4.69, 9.17) is 10.2 Å². The van der Waals surface area contributed by atoms with Crippen molar-refractivity contribution >= 4 is 11.8 Å². The number of aromatic nitrogens is 1. The normalized spacial score (nSPS) is 27.6. The monoisotopic (exact) mass is 430 g/mol. The molecule has 1 unspecified atom stereocenters. The van der Waals surface area contributed by atoms with Crippen LogP contribution < -0.4 is 11.1 Å². The van der Waals surface area contributed by atoms with Gasteiger partial charge in [-0.15, -0.1) is 0 Å². The first-order chi connectivity index (χ1) is 14.1. The Bertz CT molecular complexity index is 819. The van der Waals surface area contributed by atoms with Crippen LogP contribution in [0.15, 0.2) is 20.7 Å². The highest BCUT2D eigenvalue weighted by molar-refractivity contribution is 6.05. The van der Waals surface area contributed by atoms with Crippen LogP contribution in [0.2, 0.25) is 0 Å². The Hall–Kier alpha value is -2.17. The largest absolute Gasteiger partial charge is 0.449 e. The van der Waals surface area contributed by atoms with E-state index >= 15 is 0 Å². The fraction of sp³-hybridized carbons (Fsp3) is 0.737. The minimum Gasteiger partial charge on any atom is -0.449 e. The number of nitrogens with zero attached hydrogens (tertiary/aromatic N) is 4. The lowest BCUT2D eigenvalue weighted by Gasteiger charge is -2.44. The van der Waals surface area contributed by atoms with Crippen molar-refractivity contribution in [3.63, 3.8) is 0 Å². The second-order valence-corrected chi connectivity index (χ2v) is 8.34. The Balaban J connectivity index is 1.59. The molecule has 2 heterocycles. The maximum atomic E-state index is 13.8. The van der Waals surface area contributed by atoms with Crippen molar-refractivity contribution in [1.82, 2.24) is 15.2 Å². The summed E-state index contributed by atoms with van der Waals surface area (Å²) in [5.41, 5.74) is 6.38. The molecule has 0 radical (unpaired) electrons. The molecule has 11 heteroatoms. The lowest BCUT2D eigenvalue weighted by molar-refractivity contribution is -0.0545. The predicted octanol–water partition coefficient (Wildman–Crippen LogP) is 3.39. The number of rotatable bonds is 4. The van der Waals surface area contributed by atoms with Crippen LogP contribution in [0, 0.1) is 6.92 Å². The predicted molar refractivity (Wildman–Crippen MR) is 103 cm³/mol. The first-order valence-electron chi connectivity index (χ1n) is 10.3. The van der Waals surface area contributed by atoms with Gasteiger partial charge >= 0.3 is 0 Å². The highest BCUT2D eigenvalue weighted by Crippen LogP contribution is 2.37. The van der Waals surface area contributed by atoms with Crippen molar-refractivity contribution in [2.75, 3.05) is 0 Å². The molecule has 7 nitrogen and oxygen atoms in total. The summed E-state index contributed by atoms with van der Waals surface area (Å²) in [6.45, 7) is 1.69. The summed E-state index contributed by atoms with van der Waals surface area (Å²) in [6, 6.07) is -0.447. The minimum atomic E-state index is -2.69. The minimum absolute atomic E-state index is 0.0154. The quantitative estimate of drug-likeness (QED) is 0.715. The molecule has 1 aromatic heterocycles. The molecule has 1 aromatic rings. The number of nitrogens with one attached hydrogen (secondary N) is 1. The van der Waals surface area contributed by atoms with Crippen molar-refractivity contribution < 1.29 is 22.0 Å². The van der Waals surface area contributed by atoms with Gasteiger partial charge in [0, 0.05) is 44.7 Å². The Morgan fingerprint density at radius 1 is 1.07 bits per heavy atom. The number of guanidine groups is 1. The summed E-state index contributed by atoms with van der Waals surface area (Å²) in [5.74, 6) is -4.49. The van der Waals surface area contributed by atoms with Gasteiger partial charge in [0.15, 0.2) is 18.0 Å². The summed E-state index contributed by atoms with van der Waals surface area (Å²) in [5, 5.41) is 3.30.